The van der Waals surface area contributed by atoms with Crippen LogP contribution in [0, 0.1) is 5.92 Å². The van der Waals surface area contributed by atoms with Crippen LogP contribution in [0.4, 0.5) is 0 Å². The van der Waals surface area contributed by atoms with Crippen molar-refractivity contribution in [3.8, 4) is 0 Å². The van der Waals surface area contributed by atoms with E-state index in [2.05, 4.69) is 47.5 Å². The molecule has 2 aliphatic heterocycles. The lowest BCUT2D eigenvalue weighted by atomic mass is 9.88. The van der Waals surface area contributed by atoms with Gasteiger partial charge in [-0.25, -0.2) is 0 Å². The fourth-order valence-electron chi connectivity index (χ4n) is 4.02. The molecule has 116 valence electrons. The van der Waals surface area contributed by atoms with Gasteiger partial charge in [-0.05, 0) is 75.7 Å². The van der Waals surface area contributed by atoms with E-state index >= 15 is 0 Å². The first kappa shape index (κ1) is 15.1. The molecule has 3 rings (SSSR count). The van der Waals surface area contributed by atoms with E-state index in [9.17, 15) is 0 Å². The molecule has 2 heterocycles. The van der Waals surface area contributed by atoms with Crippen LogP contribution in [-0.2, 0) is 0 Å². The molecule has 1 aromatic rings. The van der Waals surface area contributed by atoms with Gasteiger partial charge in [0.25, 0.3) is 0 Å². The largest absolute Gasteiger partial charge is 0.314 e. The highest BCUT2D eigenvalue weighted by atomic mass is 15.1. The molecule has 0 aromatic heterocycles. The molecule has 2 fully saturated rings. The second kappa shape index (κ2) is 7.42. The highest BCUT2D eigenvalue weighted by Gasteiger charge is 2.28. The van der Waals surface area contributed by atoms with Crippen molar-refractivity contribution in [1.29, 1.82) is 0 Å². The summed E-state index contributed by atoms with van der Waals surface area (Å²) in [5.74, 6) is 1.62. The van der Waals surface area contributed by atoms with Crippen molar-refractivity contribution in [3.63, 3.8) is 0 Å². The Morgan fingerprint density at radius 1 is 1.14 bits per heavy atom. The van der Waals surface area contributed by atoms with Gasteiger partial charge in [0, 0.05) is 6.04 Å². The van der Waals surface area contributed by atoms with Gasteiger partial charge in [0.1, 0.15) is 0 Å². The number of nitrogens with one attached hydrogen (secondary N) is 1. The van der Waals surface area contributed by atoms with Crippen molar-refractivity contribution in [2.45, 2.75) is 51.0 Å². The van der Waals surface area contributed by atoms with Gasteiger partial charge in [-0.2, -0.15) is 0 Å². The molecule has 21 heavy (non-hydrogen) atoms. The van der Waals surface area contributed by atoms with Crippen molar-refractivity contribution in [2.24, 2.45) is 5.92 Å². The summed E-state index contributed by atoms with van der Waals surface area (Å²) in [5.41, 5.74) is 1.49. The Balaban J connectivity index is 1.39. The third-order valence-electron chi connectivity index (χ3n) is 5.55. The van der Waals surface area contributed by atoms with E-state index in [0.717, 1.165) is 12.0 Å². The third-order valence-corrected chi connectivity index (χ3v) is 5.55. The van der Waals surface area contributed by atoms with Gasteiger partial charge >= 0.3 is 0 Å². The first-order valence-electron chi connectivity index (χ1n) is 8.83. The van der Waals surface area contributed by atoms with Crippen LogP contribution in [0.1, 0.15) is 50.5 Å². The normalized spacial score (nSPS) is 26.0. The standard InChI is InChI=1S/C19H30N2/c1-16(17-6-3-2-4-7-17)9-13-21-14-10-18(11-15-21)19-8-5-12-20-19/h2-4,6-7,16,18-20H,5,8-15H2,1H3. The van der Waals surface area contributed by atoms with Crippen molar-refractivity contribution < 1.29 is 0 Å². The molecule has 0 aliphatic carbocycles. The average molecular weight is 286 g/mol. The molecule has 2 nitrogen and oxygen atoms in total. The van der Waals surface area contributed by atoms with Crippen LogP contribution >= 0.6 is 0 Å². The van der Waals surface area contributed by atoms with Gasteiger partial charge in [0.2, 0.25) is 0 Å². The zero-order chi connectivity index (χ0) is 14.5. The summed E-state index contributed by atoms with van der Waals surface area (Å²) < 4.78 is 0. The number of piperidine rings is 1. The summed E-state index contributed by atoms with van der Waals surface area (Å²) in [6.45, 7) is 7.50. The van der Waals surface area contributed by atoms with Crippen LogP contribution in [0.3, 0.4) is 0 Å². The van der Waals surface area contributed by atoms with Gasteiger partial charge in [0.15, 0.2) is 0 Å². The summed E-state index contributed by atoms with van der Waals surface area (Å²) in [6.07, 6.45) is 6.89. The fourth-order valence-corrected chi connectivity index (χ4v) is 4.02. The summed E-state index contributed by atoms with van der Waals surface area (Å²) in [7, 11) is 0. The average Bonchev–Trinajstić information content (AvgIpc) is 3.08. The Labute approximate surface area is 129 Å². The minimum absolute atomic E-state index is 0.681. The fraction of sp³-hybridized carbons (Fsp3) is 0.684. The van der Waals surface area contributed by atoms with Crippen LogP contribution in [0.2, 0.25) is 0 Å². The molecule has 0 radical (unpaired) electrons. The molecule has 1 N–H and O–H groups in total. The molecular formula is C19H30N2. The minimum Gasteiger partial charge on any atom is -0.314 e. The number of benzene rings is 1. The molecule has 2 atom stereocenters. The van der Waals surface area contributed by atoms with Gasteiger partial charge in [-0.1, -0.05) is 37.3 Å². The van der Waals surface area contributed by atoms with E-state index in [1.807, 2.05) is 0 Å². The van der Waals surface area contributed by atoms with Crippen molar-refractivity contribution in [2.75, 3.05) is 26.2 Å². The summed E-state index contributed by atoms with van der Waals surface area (Å²) in [6, 6.07) is 11.8. The first-order chi connectivity index (χ1) is 10.3. The van der Waals surface area contributed by atoms with Gasteiger partial charge in [0.05, 0.1) is 0 Å². The number of nitrogens with zero attached hydrogens (tertiary/aromatic N) is 1. The smallest absolute Gasteiger partial charge is 0.00967 e. The number of hydrogen-bond donors (Lipinski definition) is 1. The zero-order valence-electron chi connectivity index (χ0n) is 13.4. The van der Waals surface area contributed by atoms with Crippen molar-refractivity contribution in [3.05, 3.63) is 35.9 Å². The topological polar surface area (TPSA) is 15.3 Å². The predicted octanol–water partition coefficient (Wildman–Crippen LogP) is 3.64. The molecule has 2 heteroatoms. The molecule has 0 spiro atoms. The van der Waals surface area contributed by atoms with Crippen molar-refractivity contribution in [1.82, 2.24) is 10.2 Å². The summed E-state index contributed by atoms with van der Waals surface area (Å²) >= 11 is 0. The lowest BCUT2D eigenvalue weighted by Crippen LogP contribution is -2.41. The van der Waals surface area contributed by atoms with E-state index in [-0.39, 0.29) is 0 Å². The molecule has 1 aromatic carbocycles. The molecular weight excluding hydrogens is 256 g/mol. The van der Waals surface area contributed by atoms with E-state index in [4.69, 9.17) is 0 Å². The molecule has 2 saturated heterocycles. The highest BCUT2D eigenvalue weighted by Crippen LogP contribution is 2.26. The van der Waals surface area contributed by atoms with Crippen LogP contribution in [0.25, 0.3) is 0 Å². The lowest BCUT2D eigenvalue weighted by Gasteiger charge is -2.35. The quantitative estimate of drug-likeness (QED) is 0.889. The van der Waals surface area contributed by atoms with Crippen LogP contribution < -0.4 is 5.32 Å². The van der Waals surface area contributed by atoms with Crippen LogP contribution in [0.5, 0.6) is 0 Å². The SMILES string of the molecule is CC(CCN1CCC(C2CCCN2)CC1)c1ccccc1. The molecule has 0 bridgehead atoms. The number of hydrogen-bond acceptors (Lipinski definition) is 2. The maximum Gasteiger partial charge on any atom is 0.00967 e. The monoisotopic (exact) mass is 286 g/mol. The van der Waals surface area contributed by atoms with Gasteiger partial charge in [-0.15, -0.1) is 0 Å². The number of likely N-dealkylation sites (tertiary alicyclic amines) is 1. The first-order valence-corrected chi connectivity index (χ1v) is 8.83. The highest BCUT2D eigenvalue weighted by molar-refractivity contribution is 5.18. The summed E-state index contributed by atoms with van der Waals surface area (Å²) in [4.78, 5) is 2.69. The van der Waals surface area contributed by atoms with Gasteiger partial charge in [-0.3, -0.25) is 0 Å². The van der Waals surface area contributed by atoms with E-state index in [1.54, 1.807) is 0 Å². The number of rotatable bonds is 5. The third kappa shape index (κ3) is 4.08. The van der Waals surface area contributed by atoms with Crippen LogP contribution in [-0.4, -0.2) is 37.1 Å². The predicted molar refractivity (Wildman–Crippen MR) is 89.7 cm³/mol. The van der Waals surface area contributed by atoms with Crippen molar-refractivity contribution >= 4 is 0 Å². The van der Waals surface area contributed by atoms with Crippen LogP contribution in [0.15, 0.2) is 30.3 Å². The molecule has 0 saturated carbocycles. The Bertz CT molecular complexity index is 403. The summed E-state index contributed by atoms with van der Waals surface area (Å²) in [5, 5.41) is 3.69. The Morgan fingerprint density at radius 2 is 1.90 bits per heavy atom. The maximum atomic E-state index is 3.69. The Kier molecular flexibility index (Phi) is 5.32. The molecule has 2 aliphatic rings. The Hall–Kier alpha value is -0.860. The van der Waals surface area contributed by atoms with E-state index < -0.39 is 0 Å². The minimum atomic E-state index is 0.681. The Morgan fingerprint density at radius 3 is 2.57 bits per heavy atom. The van der Waals surface area contributed by atoms with E-state index in [0.29, 0.717) is 5.92 Å². The second-order valence-electron chi connectivity index (χ2n) is 6.98. The molecule has 2 unspecified atom stereocenters. The second-order valence-corrected chi connectivity index (χ2v) is 6.98. The van der Waals surface area contributed by atoms with Gasteiger partial charge < -0.3 is 10.2 Å². The lowest BCUT2D eigenvalue weighted by molar-refractivity contribution is 0.160. The van der Waals surface area contributed by atoms with E-state index in [1.165, 1.54) is 63.8 Å². The molecule has 0 amide bonds. The zero-order valence-corrected chi connectivity index (χ0v) is 13.4. The maximum absolute atomic E-state index is 3.69.